The minimum absolute atomic E-state index is 0.205. The SMILES string of the molecule is C=CCCCC(NN)c1cccc2ccccc12. The van der Waals surface area contributed by atoms with Crippen molar-refractivity contribution >= 4 is 10.8 Å². The predicted octanol–water partition coefficient (Wildman–Crippen LogP) is 3.70. The first-order valence-corrected chi connectivity index (χ1v) is 6.41. The summed E-state index contributed by atoms with van der Waals surface area (Å²) >= 11 is 0. The quantitative estimate of drug-likeness (QED) is 0.350. The number of benzene rings is 2. The van der Waals surface area contributed by atoms with E-state index in [1.807, 2.05) is 6.08 Å². The van der Waals surface area contributed by atoms with Crippen LogP contribution in [0, 0.1) is 0 Å². The smallest absolute Gasteiger partial charge is 0.0466 e. The number of allylic oxidation sites excluding steroid dienone is 1. The highest BCUT2D eigenvalue weighted by molar-refractivity contribution is 5.86. The fraction of sp³-hybridized carbons (Fsp3) is 0.250. The second-order valence-electron chi connectivity index (χ2n) is 4.51. The standard InChI is InChI=1S/C16H20N2/c1-2-3-4-12-16(18-17)15-11-7-9-13-8-5-6-10-14(13)15/h2,5-11,16,18H,1,3-4,12,17H2. The maximum atomic E-state index is 5.70. The zero-order chi connectivity index (χ0) is 12.8. The molecule has 0 aromatic heterocycles. The molecule has 0 heterocycles. The van der Waals surface area contributed by atoms with E-state index < -0.39 is 0 Å². The molecule has 0 spiro atoms. The Balaban J connectivity index is 2.29. The number of unbranched alkanes of at least 4 members (excludes halogenated alkanes) is 1. The maximum Gasteiger partial charge on any atom is 0.0466 e. The van der Waals surface area contributed by atoms with Crippen molar-refractivity contribution in [2.45, 2.75) is 25.3 Å². The summed E-state index contributed by atoms with van der Waals surface area (Å²) in [5, 5.41) is 2.54. The van der Waals surface area contributed by atoms with Crippen molar-refractivity contribution in [2.75, 3.05) is 0 Å². The van der Waals surface area contributed by atoms with Gasteiger partial charge in [-0.1, -0.05) is 48.5 Å². The Kier molecular flexibility index (Phi) is 4.51. The third-order valence-electron chi connectivity index (χ3n) is 3.30. The van der Waals surface area contributed by atoms with Gasteiger partial charge in [0.15, 0.2) is 0 Å². The Morgan fingerprint density at radius 2 is 1.94 bits per heavy atom. The van der Waals surface area contributed by atoms with Crippen LogP contribution in [0.5, 0.6) is 0 Å². The van der Waals surface area contributed by atoms with Gasteiger partial charge in [0.2, 0.25) is 0 Å². The van der Waals surface area contributed by atoms with Crippen molar-refractivity contribution in [1.82, 2.24) is 5.43 Å². The summed E-state index contributed by atoms with van der Waals surface area (Å²) in [4.78, 5) is 0. The lowest BCUT2D eigenvalue weighted by Gasteiger charge is -2.18. The van der Waals surface area contributed by atoms with Crippen LogP contribution < -0.4 is 11.3 Å². The van der Waals surface area contributed by atoms with E-state index in [0.29, 0.717) is 0 Å². The molecule has 0 bridgehead atoms. The van der Waals surface area contributed by atoms with Crippen molar-refractivity contribution in [1.29, 1.82) is 0 Å². The molecule has 0 fully saturated rings. The van der Waals surface area contributed by atoms with Gasteiger partial charge in [0.1, 0.15) is 0 Å². The monoisotopic (exact) mass is 240 g/mol. The number of nitrogens with one attached hydrogen (secondary N) is 1. The molecule has 2 heteroatoms. The van der Waals surface area contributed by atoms with Crippen molar-refractivity contribution in [3.63, 3.8) is 0 Å². The van der Waals surface area contributed by atoms with Gasteiger partial charge < -0.3 is 0 Å². The molecule has 1 atom stereocenters. The molecule has 1 unspecified atom stereocenters. The van der Waals surface area contributed by atoms with Crippen LogP contribution in [-0.2, 0) is 0 Å². The minimum atomic E-state index is 0.205. The molecule has 18 heavy (non-hydrogen) atoms. The summed E-state index contributed by atoms with van der Waals surface area (Å²) in [7, 11) is 0. The summed E-state index contributed by atoms with van der Waals surface area (Å²) < 4.78 is 0. The molecule has 0 saturated carbocycles. The van der Waals surface area contributed by atoms with Gasteiger partial charge in [0.05, 0.1) is 0 Å². The highest BCUT2D eigenvalue weighted by Gasteiger charge is 2.11. The third kappa shape index (κ3) is 2.78. The van der Waals surface area contributed by atoms with Crippen molar-refractivity contribution in [2.24, 2.45) is 5.84 Å². The molecule has 2 aromatic rings. The molecular formula is C16H20N2. The molecule has 2 aromatic carbocycles. The first kappa shape index (κ1) is 12.8. The molecule has 0 aliphatic heterocycles. The molecule has 3 N–H and O–H groups in total. The van der Waals surface area contributed by atoms with Gasteiger partial charge >= 0.3 is 0 Å². The molecule has 2 nitrogen and oxygen atoms in total. The van der Waals surface area contributed by atoms with Gasteiger partial charge in [-0.05, 0) is 35.6 Å². The summed E-state index contributed by atoms with van der Waals surface area (Å²) in [6, 6.07) is 15.0. The summed E-state index contributed by atoms with van der Waals surface area (Å²) in [6.45, 7) is 3.75. The van der Waals surface area contributed by atoms with Crippen LogP contribution in [0.1, 0.15) is 30.9 Å². The van der Waals surface area contributed by atoms with Crippen LogP contribution in [0.3, 0.4) is 0 Å². The van der Waals surface area contributed by atoms with Gasteiger partial charge in [-0.15, -0.1) is 6.58 Å². The van der Waals surface area contributed by atoms with Crippen molar-refractivity contribution in [3.05, 3.63) is 60.7 Å². The van der Waals surface area contributed by atoms with Crippen LogP contribution in [0.4, 0.5) is 0 Å². The van der Waals surface area contributed by atoms with Crippen molar-refractivity contribution in [3.8, 4) is 0 Å². The molecular weight excluding hydrogens is 220 g/mol. The van der Waals surface area contributed by atoms with E-state index in [1.165, 1.54) is 16.3 Å². The third-order valence-corrected chi connectivity index (χ3v) is 3.30. The van der Waals surface area contributed by atoms with E-state index in [1.54, 1.807) is 0 Å². The summed E-state index contributed by atoms with van der Waals surface area (Å²) in [5.41, 5.74) is 4.21. The van der Waals surface area contributed by atoms with E-state index in [-0.39, 0.29) is 6.04 Å². The Morgan fingerprint density at radius 1 is 1.17 bits per heavy atom. The summed E-state index contributed by atoms with van der Waals surface area (Å²) in [5.74, 6) is 5.70. The van der Waals surface area contributed by atoms with E-state index in [0.717, 1.165) is 19.3 Å². The molecule has 0 radical (unpaired) electrons. The van der Waals surface area contributed by atoms with Crippen LogP contribution in [0.2, 0.25) is 0 Å². The van der Waals surface area contributed by atoms with Crippen LogP contribution in [-0.4, -0.2) is 0 Å². The maximum absolute atomic E-state index is 5.70. The number of hydrazine groups is 1. The van der Waals surface area contributed by atoms with E-state index >= 15 is 0 Å². The van der Waals surface area contributed by atoms with E-state index in [9.17, 15) is 0 Å². The van der Waals surface area contributed by atoms with Gasteiger partial charge in [0, 0.05) is 6.04 Å². The fourth-order valence-corrected chi connectivity index (χ4v) is 2.35. The molecule has 0 amide bonds. The van der Waals surface area contributed by atoms with Crippen molar-refractivity contribution < 1.29 is 0 Å². The van der Waals surface area contributed by atoms with Gasteiger partial charge in [-0.3, -0.25) is 11.3 Å². The summed E-state index contributed by atoms with van der Waals surface area (Å²) in [6.07, 6.45) is 5.11. The topological polar surface area (TPSA) is 38.0 Å². The van der Waals surface area contributed by atoms with Gasteiger partial charge in [-0.2, -0.15) is 0 Å². The van der Waals surface area contributed by atoms with Gasteiger partial charge in [-0.25, -0.2) is 0 Å². The average Bonchev–Trinajstić information content (AvgIpc) is 2.43. The lowest BCUT2D eigenvalue weighted by atomic mass is 9.96. The Morgan fingerprint density at radius 3 is 2.72 bits per heavy atom. The van der Waals surface area contributed by atoms with Crippen LogP contribution in [0.25, 0.3) is 10.8 Å². The molecule has 0 saturated heterocycles. The Bertz CT molecular complexity index is 514. The molecule has 0 aliphatic carbocycles. The average molecular weight is 240 g/mol. The zero-order valence-corrected chi connectivity index (χ0v) is 10.6. The van der Waals surface area contributed by atoms with Gasteiger partial charge in [0.25, 0.3) is 0 Å². The Hall–Kier alpha value is -1.64. The number of hydrogen-bond donors (Lipinski definition) is 2. The normalized spacial score (nSPS) is 12.5. The Labute approximate surface area is 108 Å². The number of nitrogens with two attached hydrogens (primary N) is 1. The molecule has 0 aliphatic rings. The fourth-order valence-electron chi connectivity index (χ4n) is 2.35. The highest BCUT2D eigenvalue weighted by Crippen LogP contribution is 2.26. The van der Waals surface area contributed by atoms with Crippen LogP contribution >= 0.6 is 0 Å². The minimum Gasteiger partial charge on any atom is -0.271 e. The number of fused-ring (bicyclic) bond motifs is 1. The number of rotatable bonds is 6. The van der Waals surface area contributed by atoms with Crippen LogP contribution in [0.15, 0.2) is 55.1 Å². The molecule has 94 valence electrons. The lowest BCUT2D eigenvalue weighted by molar-refractivity contribution is 0.504. The van der Waals surface area contributed by atoms with E-state index in [4.69, 9.17) is 5.84 Å². The second kappa shape index (κ2) is 6.34. The zero-order valence-electron chi connectivity index (χ0n) is 10.6. The second-order valence-corrected chi connectivity index (χ2v) is 4.51. The highest BCUT2D eigenvalue weighted by atomic mass is 15.2. The molecule has 2 rings (SSSR count). The first-order chi connectivity index (χ1) is 8.86. The number of hydrogen-bond acceptors (Lipinski definition) is 2. The largest absolute Gasteiger partial charge is 0.271 e. The first-order valence-electron chi connectivity index (χ1n) is 6.41. The predicted molar refractivity (Wildman–Crippen MR) is 78.1 cm³/mol. The van der Waals surface area contributed by atoms with E-state index in [2.05, 4.69) is 54.5 Å². The lowest BCUT2D eigenvalue weighted by Crippen LogP contribution is -2.28.